The highest BCUT2D eigenvalue weighted by Crippen LogP contribution is 2.55. The molecule has 0 bridgehead atoms. The number of rotatable bonds is 3. The van der Waals surface area contributed by atoms with Crippen molar-refractivity contribution in [2.24, 2.45) is 0 Å². The van der Waals surface area contributed by atoms with Crippen molar-refractivity contribution < 1.29 is 13.6 Å². The van der Waals surface area contributed by atoms with E-state index in [2.05, 4.69) is 0 Å². The van der Waals surface area contributed by atoms with Gasteiger partial charge in [0.25, 0.3) is 0 Å². The average molecular weight is 229 g/mol. The Morgan fingerprint density at radius 2 is 2.25 bits per heavy atom. The Balaban J connectivity index is 2.58. The molecule has 1 fully saturated rings. The Morgan fingerprint density at radius 1 is 1.67 bits per heavy atom. The van der Waals surface area contributed by atoms with Gasteiger partial charge in [0, 0.05) is 0 Å². The maximum Gasteiger partial charge on any atom is 0.356 e. The van der Waals surface area contributed by atoms with E-state index in [1.165, 1.54) is 17.6 Å². The van der Waals surface area contributed by atoms with Crippen LogP contribution >= 0.6 is 31.0 Å². The van der Waals surface area contributed by atoms with Crippen LogP contribution in [-0.2, 0) is 13.6 Å². The molecule has 0 aromatic carbocycles. The molecule has 0 amide bonds. The zero-order valence-electron chi connectivity index (χ0n) is 6.66. The average Bonchev–Trinajstić information content (AvgIpc) is 2.36. The van der Waals surface area contributed by atoms with Gasteiger partial charge in [-0.15, -0.1) is 11.8 Å². The number of hydrogen-bond acceptors (Lipinski definition) is 4. The molecule has 70 valence electrons. The van der Waals surface area contributed by atoms with Crippen molar-refractivity contribution in [2.75, 3.05) is 19.0 Å². The summed E-state index contributed by atoms with van der Waals surface area (Å²) in [5.74, 6) is 2.21. The molecule has 1 saturated heterocycles. The third-order valence-corrected chi connectivity index (χ3v) is 4.27. The van der Waals surface area contributed by atoms with Gasteiger partial charge in [-0.25, -0.2) is 0 Å². The zero-order valence-corrected chi connectivity index (χ0v) is 9.12. The van der Waals surface area contributed by atoms with E-state index in [1.54, 1.807) is 0 Å². The topological polar surface area (TPSA) is 35.5 Å². The minimum absolute atomic E-state index is 0.384. The molecule has 0 N–H and O–H groups in total. The Kier molecular flexibility index (Phi) is 4.14. The largest absolute Gasteiger partial charge is 0.356 e. The molecule has 0 atom stereocenters. The molecule has 0 unspecified atom stereocenters. The van der Waals surface area contributed by atoms with Gasteiger partial charge in [0.2, 0.25) is 0 Å². The van der Waals surface area contributed by atoms with Gasteiger partial charge in [0.15, 0.2) is 0 Å². The van der Waals surface area contributed by atoms with Crippen LogP contribution in [0.25, 0.3) is 0 Å². The predicted octanol–water partition coefficient (Wildman–Crippen LogP) is 3.02. The first-order valence-corrected chi connectivity index (χ1v) is 6.54. The first-order valence-electron chi connectivity index (χ1n) is 3.56. The molecule has 0 aliphatic carbocycles. The van der Waals surface area contributed by atoms with Gasteiger partial charge < -0.3 is 9.05 Å². The zero-order chi connectivity index (χ0) is 9.03. The van der Waals surface area contributed by atoms with Crippen molar-refractivity contribution in [3.05, 3.63) is 10.2 Å². The molecule has 1 heterocycles. The van der Waals surface area contributed by atoms with Crippen LogP contribution in [0.5, 0.6) is 0 Å². The lowest BCUT2D eigenvalue weighted by atomic mass is 10.8. The predicted molar refractivity (Wildman–Crippen MR) is 51.6 cm³/mol. The van der Waals surface area contributed by atoms with E-state index >= 15 is 0 Å². The fourth-order valence-corrected chi connectivity index (χ4v) is 3.52. The Hall–Kier alpha value is 0.530. The van der Waals surface area contributed by atoms with E-state index in [4.69, 9.17) is 20.6 Å². The molecule has 1 rings (SSSR count). The summed E-state index contributed by atoms with van der Waals surface area (Å²) in [5, 5.41) is 0. The standard InChI is InChI=1S/C6H10ClO3PS/c1-2-12-6(7)5-11(8)9-3-4-10-11/h5H,2-4H2,1H3. The van der Waals surface area contributed by atoms with Crippen LogP contribution in [-0.4, -0.2) is 19.0 Å². The quantitative estimate of drug-likeness (QED) is 0.696. The number of hydrogen-bond donors (Lipinski definition) is 0. The van der Waals surface area contributed by atoms with Gasteiger partial charge in [-0.3, -0.25) is 4.57 Å². The molecular formula is C6H10ClO3PS. The molecule has 6 heteroatoms. The first-order chi connectivity index (χ1) is 5.66. The summed E-state index contributed by atoms with van der Waals surface area (Å²) in [6, 6.07) is 0. The lowest BCUT2D eigenvalue weighted by Gasteiger charge is -2.03. The second-order valence-corrected chi connectivity index (χ2v) is 5.86. The fraction of sp³-hybridized carbons (Fsp3) is 0.667. The number of thioether (sulfide) groups is 1. The Morgan fingerprint density at radius 3 is 2.75 bits per heavy atom. The second kappa shape index (κ2) is 4.68. The van der Waals surface area contributed by atoms with Crippen molar-refractivity contribution in [1.82, 2.24) is 0 Å². The maximum absolute atomic E-state index is 11.5. The molecule has 3 nitrogen and oxygen atoms in total. The summed E-state index contributed by atoms with van der Waals surface area (Å²) < 4.78 is 21.8. The van der Waals surface area contributed by atoms with Crippen LogP contribution in [0.1, 0.15) is 6.92 Å². The molecule has 12 heavy (non-hydrogen) atoms. The van der Waals surface area contributed by atoms with Gasteiger partial charge >= 0.3 is 7.60 Å². The van der Waals surface area contributed by atoms with Gasteiger partial charge in [0.1, 0.15) is 0 Å². The molecule has 1 aliphatic rings. The van der Waals surface area contributed by atoms with Crippen LogP contribution in [0.15, 0.2) is 10.2 Å². The minimum Gasteiger partial charge on any atom is -0.303 e. The molecule has 0 saturated carbocycles. The summed E-state index contributed by atoms with van der Waals surface area (Å²) in [6.07, 6.45) is 0. The van der Waals surface area contributed by atoms with Crippen LogP contribution in [0.3, 0.4) is 0 Å². The monoisotopic (exact) mass is 228 g/mol. The van der Waals surface area contributed by atoms with Gasteiger partial charge in [-0.2, -0.15) is 0 Å². The Bertz CT molecular complexity index is 221. The van der Waals surface area contributed by atoms with Crippen LogP contribution < -0.4 is 0 Å². The summed E-state index contributed by atoms with van der Waals surface area (Å²) in [6.45, 7) is 2.73. The molecule has 1 aliphatic heterocycles. The first kappa shape index (κ1) is 10.6. The van der Waals surface area contributed by atoms with E-state index in [-0.39, 0.29) is 0 Å². The van der Waals surface area contributed by atoms with Crippen molar-refractivity contribution in [3.8, 4) is 0 Å². The summed E-state index contributed by atoms with van der Waals surface area (Å²) in [5.41, 5.74) is 0. The SMILES string of the molecule is CCSC(Cl)=CP1(=O)OCCO1. The van der Waals surface area contributed by atoms with E-state index in [0.29, 0.717) is 17.6 Å². The van der Waals surface area contributed by atoms with Crippen LogP contribution in [0.4, 0.5) is 0 Å². The van der Waals surface area contributed by atoms with E-state index in [0.717, 1.165) is 5.75 Å². The van der Waals surface area contributed by atoms with Gasteiger partial charge in [-0.05, 0) is 5.75 Å². The van der Waals surface area contributed by atoms with Crippen molar-refractivity contribution in [1.29, 1.82) is 0 Å². The molecular weight excluding hydrogens is 219 g/mol. The van der Waals surface area contributed by atoms with Crippen molar-refractivity contribution in [3.63, 3.8) is 0 Å². The summed E-state index contributed by atoms with van der Waals surface area (Å²) >= 11 is 7.15. The lowest BCUT2D eigenvalue weighted by Crippen LogP contribution is -1.79. The molecule has 0 spiro atoms. The van der Waals surface area contributed by atoms with E-state index in [1.807, 2.05) is 6.92 Å². The minimum atomic E-state index is -2.97. The lowest BCUT2D eigenvalue weighted by molar-refractivity contribution is 0.364. The van der Waals surface area contributed by atoms with Crippen LogP contribution in [0.2, 0.25) is 0 Å². The fourth-order valence-electron chi connectivity index (χ4n) is 0.740. The Labute approximate surface area is 81.0 Å². The third kappa shape index (κ3) is 3.11. The number of halogens is 1. The van der Waals surface area contributed by atoms with Crippen LogP contribution in [0, 0.1) is 0 Å². The van der Waals surface area contributed by atoms with Crippen molar-refractivity contribution >= 4 is 31.0 Å². The summed E-state index contributed by atoms with van der Waals surface area (Å²) in [7, 11) is -2.97. The van der Waals surface area contributed by atoms with E-state index in [9.17, 15) is 4.57 Å². The third-order valence-electron chi connectivity index (χ3n) is 1.17. The van der Waals surface area contributed by atoms with Gasteiger partial charge in [0.05, 0.1) is 23.4 Å². The maximum atomic E-state index is 11.5. The van der Waals surface area contributed by atoms with E-state index < -0.39 is 7.60 Å². The normalized spacial score (nSPS) is 23.0. The molecule has 0 aromatic heterocycles. The smallest absolute Gasteiger partial charge is 0.303 e. The van der Waals surface area contributed by atoms with Crippen molar-refractivity contribution in [2.45, 2.75) is 6.92 Å². The summed E-state index contributed by atoms with van der Waals surface area (Å²) in [4.78, 5) is 0. The second-order valence-electron chi connectivity index (χ2n) is 2.07. The highest BCUT2D eigenvalue weighted by molar-refractivity contribution is 8.04. The van der Waals surface area contributed by atoms with Gasteiger partial charge in [-0.1, -0.05) is 18.5 Å². The highest BCUT2D eigenvalue weighted by Gasteiger charge is 2.27. The molecule has 0 aromatic rings. The highest BCUT2D eigenvalue weighted by atomic mass is 35.5. The molecule has 0 radical (unpaired) electrons.